The third-order valence-electron chi connectivity index (χ3n) is 21.0. The molecule has 8 aromatic rings. The van der Waals surface area contributed by atoms with Gasteiger partial charge in [-0.3, -0.25) is 0 Å². The summed E-state index contributed by atoms with van der Waals surface area (Å²) in [6.07, 6.45) is 34.5. The zero-order valence-electron chi connectivity index (χ0n) is 77.6. The molecule has 1 N–H and O–H groups in total. The second-order valence-electron chi connectivity index (χ2n) is 29.8. The molecule has 0 aromatic carbocycles. The lowest BCUT2D eigenvalue weighted by molar-refractivity contribution is 0.200. The van der Waals surface area contributed by atoms with E-state index in [0.29, 0.717) is 48.0 Å². The zero-order valence-corrected chi connectivity index (χ0v) is 90.8. The van der Waals surface area contributed by atoms with Crippen molar-refractivity contribution in [1.29, 1.82) is 0 Å². The Morgan fingerprint density at radius 2 is 0.533 bits per heavy atom. The van der Waals surface area contributed by atoms with Crippen molar-refractivity contribution in [3.05, 3.63) is 87.8 Å². The van der Waals surface area contributed by atoms with Crippen LogP contribution in [0.5, 0.6) is 69.0 Å². The maximum atomic E-state index is 8.75. The molecule has 13 nitrogen and oxygen atoms in total. The summed E-state index contributed by atoms with van der Waals surface area (Å²) >= 11 is 17.7. The van der Waals surface area contributed by atoms with Crippen LogP contribution in [-0.2, 0) is 0 Å². The van der Waals surface area contributed by atoms with E-state index in [1.807, 2.05) is 44.4 Å². The van der Waals surface area contributed by atoms with Crippen molar-refractivity contribution in [2.24, 2.45) is 41.4 Å². The molecule has 690 valence electrons. The summed E-state index contributed by atoms with van der Waals surface area (Å²) in [5.41, 5.74) is 0. The predicted molar refractivity (Wildman–Crippen MR) is 558 cm³/mol. The summed E-state index contributed by atoms with van der Waals surface area (Å²) in [5.74, 6) is 14.8. The molecule has 0 aliphatic carbocycles. The molecule has 8 rings (SSSR count). The molecule has 0 saturated carbocycles. The van der Waals surface area contributed by atoms with Crippen LogP contribution < -0.4 is 56.8 Å². The van der Waals surface area contributed by atoms with Crippen LogP contribution in [0.4, 0.5) is 0 Å². The minimum atomic E-state index is 0. The van der Waals surface area contributed by atoms with E-state index in [-0.39, 0.29) is 24.0 Å². The molecule has 0 spiro atoms. The van der Waals surface area contributed by atoms with Gasteiger partial charge < -0.3 is 61.9 Å². The molecule has 7 unspecified atom stereocenters. The number of rotatable bonds is 55. The van der Waals surface area contributed by atoms with Crippen molar-refractivity contribution >= 4 is 152 Å². The number of methoxy groups -OCH3 is 6. The molecule has 0 aliphatic rings. The number of aliphatic hydroxyl groups excluding tert-OH is 1. The maximum absolute atomic E-state index is 8.75. The number of aliphatic hydroxyl groups is 1. The van der Waals surface area contributed by atoms with Crippen LogP contribution in [0.25, 0.3) is 19.5 Å². The quantitative estimate of drug-likeness (QED) is 0.0363. The SMILES string of the molecule is CCCCC(CC)CO.CCCCC(CC)COc1c(C)sc(-c2ccc(-c3sc(C)c(OC)c3OC)s2)c1OCC(CC)CCCC.CCCCC(CC)COc1cscc1OCC(CC)CCCC.CCCCC(CC)COc1cscc1OCC(CC)CCCC.COc1cscc1OC.COc1cscc1OC.I.II.c1ccsc1. The van der Waals surface area contributed by atoms with Gasteiger partial charge in [0.25, 0.3) is 0 Å². The summed E-state index contributed by atoms with van der Waals surface area (Å²) in [7, 11) is 9.94. The molecule has 120 heavy (non-hydrogen) atoms. The van der Waals surface area contributed by atoms with Crippen LogP contribution in [0.3, 0.4) is 0 Å². The Labute approximate surface area is 802 Å². The number of unbranched alkanes of at least 4 members (excludes halogenated alkanes) is 7. The summed E-state index contributed by atoms with van der Waals surface area (Å²) < 4.78 is 68.7. The van der Waals surface area contributed by atoms with Crippen molar-refractivity contribution in [3.8, 4) is 88.5 Å². The van der Waals surface area contributed by atoms with Gasteiger partial charge in [-0.2, -0.15) is 11.3 Å². The lowest BCUT2D eigenvalue weighted by Crippen LogP contribution is -2.14. The number of hydrogen-bond acceptors (Lipinski definition) is 21. The lowest BCUT2D eigenvalue weighted by atomic mass is 10.0. The van der Waals surface area contributed by atoms with Gasteiger partial charge in [-0.15, -0.1) is 103 Å². The van der Waals surface area contributed by atoms with Crippen LogP contribution >= 0.6 is 152 Å². The first-order valence-corrected chi connectivity index (χ1v) is 57.8. The summed E-state index contributed by atoms with van der Waals surface area (Å²) in [6, 6.07) is 8.45. The molecule has 7 atom stereocenters. The minimum absolute atomic E-state index is 0. The Balaban J connectivity index is 0.00000151. The first kappa shape index (κ1) is 117. The third kappa shape index (κ3) is 48.0. The monoisotopic (exact) mass is 2160 g/mol. The Morgan fingerprint density at radius 3 is 0.767 bits per heavy atom. The third-order valence-corrected chi connectivity index (χ3v) is 28.0. The minimum Gasteiger partial charge on any atom is -0.492 e. The first-order chi connectivity index (χ1) is 58.0. The highest BCUT2D eigenvalue weighted by Crippen LogP contribution is 2.54. The van der Waals surface area contributed by atoms with Crippen molar-refractivity contribution < 1.29 is 61.9 Å². The molecular formula is C96H159I3O13S8. The van der Waals surface area contributed by atoms with Gasteiger partial charge in [0.05, 0.1) is 92.1 Å². The predicted octanol–water partition coefficient (Wildman–Crippen LogP) is 34.8. The van der Waals surface area contributed by atoms with Gasteiger partial charge in [0.1, 0.15) is 0 Å². The van der Waals surface area contributed by atoms with Gasteiger partial charge in [0.15, 0.2) is 69.0 Å². The fraction of sp³-hybridized carbons (Fsp3) is 0.667. The summed E-state index contributed by atoms with van der Waals surface area (Å²) in [6.45, 7) is 40.8. The topological polar surface area (TPSA) is 131 Å². The number of aryl methyl sites for hydroxylation is 2. The van der Waals surface area contributed by atoms with E-state index in [0.717, 1.165) is 138 Å². The summed E-state index contributed by atoms with van der Waals surface area (Å²) in [5, 5.41) is 28.8. The first-order valence-electron chi connectivity index (χ1n) is 44.4. The average Bonchev–Trinajstić information content (AvgIpc) is 1.63. The number of halogens is 3. The van der Waals surface area contributed by atoms with Crippen molar-refractivity contribution in [2.75, 3.05) is 88.9 Å². The standard InChI is InChI=1S/C32H48O4S3.2C20H36O2S.C8H18O.2C6H8O2S.C4H4S.I2.HI/c1-9-13-15-23(11-3)19-35-28-22(6)38-32(30(28)36-20-24(12-4)16-14-10-2)26-18-17-25(39-26)31-29(34-8)27(33-7)21(5)37-31;2*1-5-9-11-17(7-3)13-21-19-15-23-16-20(19)22-14-18(8-4)12-10-6-2;1-3-5-6-8(4-2)7-9;2*1-7-5-3-9-4-6(5)8-2;1-2-4-5-3-1;1-2;/h17-18,23-24H,9-16,19-20H2,1-8H3;2*15-18H,5-14H2,1-4H3;8-9H,3-7H2,1-2H3;2*3-4H,1-2H3;1-4H;;1H. The highest BCUT2D eigenvalue weighted by atomic mass is 128. The van der Waals surface area contributed by atoms with Crippen LogP contribution in [0, 0.1) is 55.3 Å². The van der Waals surface area contributed by atoms with Crippen molar-refractivity contribution in [3.63, 3.8) is 0 Å². The van der Waals surface area contributed by atoms with Crippen molar-refractivity contribution in [1.82, 2.24) is 0 Å². The molecule has 0 aliphatic heterocycles. The fourth-order valence-corrected chi connectivity index (χ4v) is 19.2. The Hall–Kier alpha value is -2.65. The smallest absolute Gasteiger partial charge is 0.180 e. The molecule has 24 heteroatoms. The molecule has 0 saturated heterocycles. The second-order valence-corrected chi connectivity index (χ2v) is 37.2. The van der Waals surface area contributed by atoms with Gasteiger partial charge in [-0.05, 0) is 123 Å². The number of hydrogen-bond donors (Lipinski definition) is 1. The number of ether oxygens (including phenoxy) is 12. The van der Waals surface area contributed by atoms with Gasteiger partial charge in [-0.1, -0.05) is 244 Å². The normalized spacial score (nSPS) is 12.2. The molecule has 8 aromatic heterocycles. The van der Waals surface area contributed by atoms with E-state index < -0.39 is 0 Å². The van der Waals surface area contributed by atoms with E-state index >= 15 is 0 Å². The molecule has 0 amide bonds. The van der Waals surface area contributed by atoms with E-state index in [2.05, 4.69) is 182 Å². The number of thiophene rings is 8. The van der Waals surface area contributed by atoms with Gasteiger partial charge in [0, 0.05) is 106 Å². The van der Waals surface area contributed by atoms with E-state index in [4.69, 9.17) is 61.9 Å². The lowest BCUT2D eigenvalue weighted by Gasteiger charge is -2.19. The molecular weight excluding hydrogens is 2000 g/mol. The molecule has 0 fully saturated rings. The van der Waals surface area contributed by atoms with Gasteiger partial charge in [-0.25, -0.2) is 0 Å². The van der Waals surface area contributed by atoms with E-state index in [9.17, 15) is 0 Å². The molecule has 0 radical (unpaired) electrons. The van der Waals surface area contributed by atoms with E-state index in [1.54, 1.807) is 133 Å². The fourth-order valence-electron chi connectivity index (χ4n) is 12.5. The largest absolute Gasteiger partial charge is 0.492 e. The highest BCUT2D eigenvalue weighted by molar-refractivity contribution is 15.0. The van der Waals surface area contributed by atoms with Crippen LogP contribution in [-0.4, -0.2) is 94.0 Å². The van der Waals surface area contributed by atoms with E-state index in [1.165, 1.54) is 180 Å². The van der Waals surface area contributed by atoms with Crippen LogP contribution in [0.15, 0.2) is 78.1 Å². The van der Waals surface area contributed by atoms with Gasteiger partial charge in [0.2, 0.25) is 0 Å². The average molecular weight is 2160 g/mol. The summed E-state index contributed by atoms with van der Waals surface area (Å²) in [4.78, 5) is 6.98. The van der Waals surface area contributed by atoms with Crippen LogP contribution in [0.2, 0.25) is 0 Å². The second kappa shape index (κ2) is 77.5. The Kier molecular flexibility index (Phi) is 75.8. The molecule has 8 heterocycles. The van der Waals surface area contributed by atoms with Crippen molar-refractivity contribution in [2.45, 2.75) is 291 Å². The molecule has 0 bridgehead atoms. The Morgan fingerprint density at radius 1 is 0.292 bits per heavy atom. The maximum Gasteiger partial charge on any atom is 0.180 e. The van der Waals surface area contributed by atoms with Gasteiger partial charge >= 0.3 is 0 Å². The highest BCUT2D eigenvalue weighted by Gasteiger charge is 2.27. The van der Waals surface area contributed by atoms with Crippen LogP contribution in [0.1, 0.15) is 286 Å². The Bertz CT molecular complexity index is 3300. The zero-order chi connectivity index (χ0) is 88.2.